The lowest BCUT2D eigenvalue weighted by Gasteiger charge is -2.42. The van der Waals surface area contributed by atoms with Crippen LogP contribution in [0.3, 0.4) is 0 Å². The van der Waals surface area contributed by atoms with Crippen LogP contribution in [0.15, 0.2) is 0 Å². The zero-order valence-corrected chi connectivity index (χ0v) is 10.7. The fraction of sp³-hybridized carbons (Fsp3) is 0.833. The van der Waals surface area contributed by atoms with Crippen molar-refractivity contribution in [2.75, 3.05) is 6.54 Å². The average Bonchev–Trinajstić information content (AvgIpc) is 2.19. The zero-order valence-electron chi connectivity index (χ0n) is 10.7. The first-order valence-corrected chi connectivity index (χ1v) is 6.07. The number of rotatable bonds is 4. The van der Waals surface area contributed by atoms with Crippen molar-refractivity contribution in [3.63, 3.8) is 0 Å². The van der Waals surface area contributed by atoms with Gasteiger partial charge >= 0.3 is 0 Å². The standard InChI is InChI=1S/C12H22N2O2/c1-5-7-9-10(15)13-12(3,4)11(16)14(9)8-6-2/h9H,5-8H2,1-4H3,(H,13,15). The predicted octanol–water partition coefficient (Wildman–Crippen LogP) is 1.30. The van der Waals surface area contributed by atoms with Gasteiger partial charge in [-0.2, -0.15) is 0 Å². The molecule has 2 amide bonds. The number of carbonyl (C=O) groups is 2. The number of amides is 2. The lowest BCUT2D eigenvalue weighted by molar-refractivity contribution is -0.153. The van der Waals surface area contributed by atoms with E-state index in [-0.39, 0.29) is 17.9 Å². The van der Waals surface area contributed by atoms with Crippen LogP contribution < -0.4 is 5.32 Å². The summed E-state index contributed by atoms with van der Waals surface area (Å²) in [7, 11) is 0. The van der Waals surface area contributed by atoms with Crippen molar-refractivity contribution in [3.05, 3.63) is 0 Å². The molecule has 0 spiro atoms. The van der Waals surface area contributed by atoms with Gasteiger partial charge in [0.2, 0.25) is 11.8 Å². The molecule has 16 heavy (non-hydrogen) atoms. The maximum Gasteiger partial charge on any atom is 0.248 e. The van der Waals surface area contributed by atoms with E-state index in [1.165, 1.54) is 0 Å². The molecule has 1 heterocycles. The SMILES string of the molecule is CCCC1C(=O)NC(C)(C)C(=O)N1CCC. The summed E-state index contributed by atoms with van der Waals surface area (Å²) in [4.78, 5) is 25.8. The fourth-order valence-electron chi connectivity index (χ4n) is 2.15. The summed E-state index contributed by atoms with van der Waals surface area (Å²) in [5.74, 6) is 0.0206. The van der Waals surface area contributed by atoms with Crippen LogP contribution in [0, 0.1) is 0 Å². The van der Waals surface area contributed by atoms with Gasteiger partial charge in [-0.3, -0.25) is 9.59 Å². The molecule has 1 N–H and O–H groups in total. The third-order valence-corrected chi connectivity index (χ3v) is 2.94. The molecule has 0 aromatic rings. The second-order valence-electron chi connectivity index (χ2n) is 4.92. The third-order valence-electron chi connectivity index (χ3n) is 2.94. The highest BCUT2D eigenvalue weighted by Gasteiger charge is 2.44. The molecule has 1 aliphatic rings. The molecule has 1 saturated heterocycles. The van der Waals surface area contributed by atoms with Crippen LogP contribution in [0.4, 0.5) is 0 Å². The van der Waals surface area contributed by atoms with E-state index in [2.05, 4.69) is 5.32 Å². The first-order chi connectivity index (χ1) is 7.44. The van der Waals surface area contributed by atoms with E-state index in [1.807, 2.05) is 13.8 Å². The Balaban J connectivity index is 2.92. The van der Waals surface area contributed by atoms with Crippen LogP contribution >= 0.6 is 0 Å². The van der Waals surface area contributed by atoms with Gasteiger partial charge in [0.05, 0.1) is 0 Å². The van der Waals surface area contributed by atoms with Gasteiger partial charge in [-0.05, 0) is 26.7 Å². The minimum Gasteiger partial charge on any atom is -0.340 e. The van der Waals surface area contributed by atoms with Crippen molar-refractivity contribution in [1.29, 1.82) is 0 Å². The number of piperazine rings is 1. The highest BCUT2D eigenvalue weighted by molar-refractivity contribution is 5.99. The summed E-state index contributed by atoms with van der Waals surface area (Å²) in [6.45, 7) is 8.24. The van der Waals surface area contributed by atoms with Crippen LogP contribution in [0.25, 0.3) is 0 Å². The predicted molar refractivity (Wildman–Crippen MR) is 62.9 cm³/mol. The number of hydrogen-bond acceptors (Lipinski definition) is 2. The van der Waals surface area contributed by atoms with Gasteiger partial charge in [-0.15, -0.1) is 0 Å². The first-order valence-electron chi connectivity index (χ1n) is 6.07. The smallest absolute Gasteiger partial charge is 0.248 e. The lowest BCUT2D eigenvalue weighted by atomic mass is 9.95. The molecular formula is C12H22N2O2. The molecule has 1 atom stereocenters. The van der Waals surface area contributed by atoms with E-state index < -0.39 is 5.54 Å². The summed E-state index contributed by atoms with van der Waals surface area (Å²) in [6, 6.07) is -0.273. The van der Waals surface area contributed by atoms with E-state index in [0.717, 1.165) is 19.3 Å². The van der Waals surface area contributed by atoms with Crippen molar-refractivity contribution in [1.82, 2.24) is 10.2 Å². The van der Waals surface area contributed by atoms with Gasteiger partial charge in [0, 0.05) is 6.54 Å². The molecule has 0 aliphatic carbocycles. The molecule has 1 fully saturated rings. The summed E-state index contributed by atoms with van der Waals surface area (Å²) in [5.41, 5.74) is -0.753. The van der Waals surface area contributed by atoms with Crippen molar-refractivity contribution in [2.24, 2.45) is 0 Å². The van der Waals surface area contributed by atoms with Crippen molar-refractivity contribution in [3.8, 4) is 0 Å². The second kappa shape index (κ2) is 4.85. The Morgan fingerprint density at radius 1 is 1.25 bits per heavy atom. The molecule has 1 aliphatic heterocycles. The normalized spacial score (nSPS) is 24.5. The summed E-state index contributed by atoms with van der Waals surface area (Å²) < 4.78 is 0. The van der Waals surface area contributed by atoms with Gasteiger partial charge in [0.1, 0.15) is 11.6 Å². The minimum atomic E-state index is -0.753. The van der Waals surface area contributed by atoms with Crippen molar-refractivity contribution >= 4 is 11.8 Å². The van der Waals surface area contributed by atoms with Crippen LogP contribution in [0.5, 0.6) is 0 Å². The maximum atomic E-state index is 12.2. The van der Waals surface area contributed by atoms with E-state index >= 15 is 0 Å². The average molecular weight is 226 g/mol. The van der Waals surface area contributed by atoms with E-state index in [0.29, 0.717) is 6.54 Å². The van der Waals surface area contributed by atoms with E-state index in [1.54, 1.807) is 18.7 Å². The van der Waals surface area contributed by atoms with Gasteiger partial charge < -0.3 is 10.2 Å². The van der Waals surface area contributed by atoms with Crippen LogP contribution in [-0.2, 0) is 9.59 Å². The Morgan fingerprint density at radius 3 is 2.38 bits per heavy atom. The van der Waals surface area contributed by atoms with Crippen LogP contribution in [0.1, 0.15) is 47.0 Å². The second-order valence-corrected chi connectivity index (χ2v) is 4.92. The summed E-state index contributed by atoms with van der Waals surface area (Å²) in [6.07, 6.45) is 2.54. The Morgan fingerprint density at radius 2 is 1.88 bits per heavy atom. The van der Waals surface area contributed by atoms with Crippen LogP contribution in [-0.4, -0.2) is 34.8 Å². The number of nitrogens with zero attached hydrogens (tertiary/aromatic N) is 1. The van der Waals surface area contributed by atoms with Gasteiger partial charge in [0.25, 0.3) is 0 Å². The monoisotopic (exact) mass is 226 g/mol. The quantitative estimate of drug-likeness (QED) is 0.785. The van der Waals surface area contributed by atoms with E-state index in [9.17, 15) is 9.59 Å². The molecular weight excluding hydrogens is 204 g/mol. The number of nitrogens with one attached hydrogen (secondary N) is 1. The van der Waals surface area contributed by atoms with Crippen LogP contribution in [0.2, 0.25) is 0 Å². The fourth-order valence-corrected chi connectivity index (χ4v) is 2.15. The Labute approximate surface area is 97.4 Å². The molecule has 1 unspecified atom stereocenters. The highest BCUT2D eigenvalue weighted by atomic mass is 16.2. The van der Waals surface area contributed by atoms with Crippen molar-refractivity contribution in [2.45, 2.75) is 58.5 Å². The van der Waals surface area contributed by atoms with Gasteiger partial charge in [-0.25, -0.2) is 0 Å². The first kappa shape index (κ1) is 13.0. The minimum absolute atomic E-state index is 0.0140. The molecule has 0 aromatic carbocycles. The molecule has 0 saturated carbocycles. The molecule has 0 bridgehead atoms. The molecule has 4 nitrogen and oxygen atoms in total. The summed E-state index contributed by atoms with van der Waals surface area (Å²) >= 11 is 0. The Bertz CT molecular complexity index is 287. The lowest BCUT2D eigenvalue weighted by Crippen LogP contribution is -2.68. The molecule has 92 valence electrons. The zero-order chi connectivity index (χ0) is 12.3. The highest BCUT2D eigenvalue weighted by Crippen LogP contribution is 2.20. The molecule has 0 radical (unpaired) electrons. The van der Waals surface area contributed by atoms with Gasteiger partial charge in [0.15, 0.2) is 0 Å². The largest absolute Gasteiger partial charge is 0.340 e. The Hall–Kier alpha value is -1.06. The third kappa shape index (κ3) is 2.36. The topological polar surface area (TPSA) is 49.4 Å². The molecule has 1 rings (SSSR count). The Kier molecular flexibility index (Phi) is 3.94. The number of hydrogen-bond donors (Lipinski definition) is 1. The summed E-state index contributed by atoms with van der Waals surface area (Å²) in [5, 5.41) is 2.80. The van der Waals surface area contributed by atoms with Crippen molar-refractivity contribution < 1.29 is 9.59 Å². The molecule has 0 aromatic heterocycles. The molecule has 4 heteroatoms. The number of carbonyl (C=O) groups excluding carboxylic acids is 2. The maximum absolute atomic E-state index is 12.2. The van der Waals surface area contributed by atoms with E-state index in [4.69, 9.17) is 0 Å². The van der Waals surface area contributed by atoms with Gasteiger partial charge in [-0.1, -0.05) is 20.3 Å².